The molecular weight excluding hydrogens is 148 g/mol. The molecule has 1 atom stereocenters. The minimum absolute atomic E-state index is 0.406. The summed E-state index contributed by atoms with van der Waals surface area (Å²) < 4.78 is 0. The Morgan fingerprint density at radius 1 is 1.33 bits per heavy atom. The molecule has 64 valence electrons. The zero-order valence-electron chi connectivity index (χ0n) is 7.38. The number of hydrogen-bond donors (Lipinski definition) is 1. The Morgan fingerprint density at radius 2 is 2.17 bits per heavy atom. The number of benzene rings is 1. The maximum absolute atomic E-state index is 9.25. The van der Waals surface area contributed by atoms with E-state index in [1.54, 1.807) is 6.07 Å². The number of phenols is 1. The maximum atomic E-state index is 9.25. The average Bonchev–Trinajstić information content (AvgIpc) is 2.05. The summed E-state index contributed by atoms with van der Waals surface area (Å²) in [6.07, 6.45) is 3.57. The molecule has 0 fully saturated rings. The van der Waals surface area contributed by atoms with E-state index >= 15 is 0 Å². The van der Waals surface area contributed by atoms with Crippen LogP contribution in [0.3, 0.4) is 0 Å². The topological polar surface area (TPSA) is 20.2 Å². The van der Waals surface area contributed by atoms with Gasteiger partial charge in [-0.25, -0.2) is 0 Å². The molecule has 0 amide bonds. The fourth-order valence-electron chi connectivity index (χ4n) is 1.92. The fraction of sp³-hybridized carbons (Fsp3) is 0.455. The second-order valence-electron chi connectivity index (χ2n) is 3.80. The number of rotatable bonds is 0. The molecule has 0 bridgehead atoms. The van der Waals surface area contributed by atoms with Gasteiger partial charge in [0, 0.05) is 0 Å². The highest BCUT2D eigenvalue weighted by molar-refractivity contribution is 5.36. The summed E-state index contributed by atoms with van der Waals surface area (Å²) >= 11 is 0. The van der Waals surface area contributed by atoms with Crippen molar-refractivity contribution < 1.29 is 5.11 Å². The van der Waals surface area contributed by atoms with Gasteiger partial charge in [-0.3, -0.25) is 0 Å². The van der Waals surface area contributed by atoms with Crippen LogP contribution >= 0.6 is 0 Å². The van der Waals surface area contributed by atoms with Gasteiger partial charge in [0.1, 0.15) is 5.75 Å². The third-order valence-electron chi connectivity index (χ3n) is 2.66. The van der Waals surface area contributed by atoms with Crippen LogP contribution in [-0.4, -0.2) is 5.11 Å². The van der Waals surface area contributed by atoms with Crippen LogP contribution in [0.2, 0.25) is 0 Å². The van der Waals surface area contributed by atoms with Crippen molar-refractivity contribution in [2.45, 2.75) is 26.2 Å². The van der Waals surface area contributed by atoms with Crippen molar-refractivity contribution in [2.75, 3.05) is 0 Å². The molecule has 1 aliphatic rings. The number of aryl methyl sites for hydroxylation is 1. The van der Waals surface area contributed by atoms with Crippen molar-refractivity contribution in [3.63, 3.8) is 0 Å². The van der Waals surface area contributed by atoms with Crippen molar-refractivity contribution >= 4 is 0 Å². The van der Waals surface area contributed by atoms with E-state index < -0.39 is 0 Å². The van der Waals surface area contributed by atoms with Crippen molar-refractivity contribution in [1.29, 1.82) is 0 Å². The van der Waals surface area contributed by atoms with E-state index in [0.29, 0.717) is 5.75 Å². The highest BCUT2D eigenvalue weighted by Gasteiger charge is 2.14. The number of fused-ring (bicyclic) bond motifs is 1. The minimum Gasteiger partial charge on any atom is -0.508 e. The van der Waals surface area contributed by atoms with Crippen molar-refractivity contribution in [2.24, 2.45) is 5.92 Å². The van der Waals surface area contributed by atoms with Crippen LogP contribution in [0, 0.1) is 5.92 Å². The average molecular weight is 162 g/mol. The lowest BCUT2D eigenvalue weighted by molar-refractivity contribution is 0.466. The number of phenolic OH excluding ortho intramolecular Hbond substituents is 1. The molecule has 0 unspecified atom stereocenters. The van der Waals surface area contributed by atoms with Crippen LogP contribution in [0.4, 0.5) is 0 Å². The Balaban J connectivity index is 2.37. The molecule has 0 saturated carbocycles. The van der Waals surface area contributed by atoms with E-state index in [-0.39, 0.29) is 0 Å². The Kier molecular flexibility index (Phi) is 1.80. The fourth-order valence-corrected chi connectivity index (χ4v) is 1.92. The Hall–Kier alpha value is -0.980. The molecule has 1 aliphatic carbocycles. The molecule has 1 nitrogen and oxygen atoms in total. The molecule has 1 aromatic carbocycles. The largest absolute Gasteiger partial charge is 0.508 e. The first-order chi connectivity index (χ1) is 5.75. The van der Waals surface area contributed by atoms with Crippen LogP contribution in [0.15, 0.2) is 18.2 Å². The summed E-state index contributed by atoms with van der Waals surface area (Å²) in [6.45, 7) is 2.29. The third kappa shape index (κ3) is 1.31. The molecule has 12 heavy (non-hydrogen) atoms. The predicted molar refractivity (Wildman–Crippen MR) is 49.3 cm³/mol. The first-order valence-electron chi connectivity index (χ1n) is 4.56. The third-order valence-corrected chi connectivity index (χ3v) is 2.66. The summed E-state index contributed by atoms with van der Waals surface area (Å²) in [6, 6.07) is 5.75. The van der Waals surface area contributed by atoms with Crippen LogP contribution in [0.25, 0.3) is 0 Å². The summed E-state index contributed by atoms with van der Waals surface area (Å²) in [5, 5.41) is 9.25. The second kappa shape index (κ2) is 2.81. The monoisotopic (exact) mass is 162 g/mol. The molecular formula is C11H14O. The highest BCUT2D eigenvalue weighted by atomic mass is 16.3. The van der Waals surface area contributed by atoms with Crippen LogP contribution < -0.4 is 0 Å². The van der Waals surface area contributed by atoms with Gasteiger partial charge in [0.05, 0.1) is 0 Å². The van der Waals surface area contributed by atoms with Crippen molar-refractivity contribution in [3.8, 4) is 5.75 Å². The van der Waals surface area contributed by atoms with Gasteiger partial charge in [0.15, 0.2) is 0 Å². The Bertz CT molecular complexity index is 291. The lowest BCUT2D eigenvalue weighted by Crippen LogP contribution is -2.10. The molecule has 0 radical (unpaired) electrons. The molecule has 1 heteroatoms. The SMILES string of the molecule is C[C@H]1CCc2cc(O)ccc2C1. The van der Waals surface area contributed by atoms with Crippen LogP contribution in [0.1, 0.15) is 24.5 Å². The summed E-state index contributed by atoms with van der Waals surface area (Å²) in [5.74, 6) is 1.21. The summed E-state index contributed by atoms with van der Waals surface area (Å²) in [4.78, 5) is 0. The van der Waals surface area contributed by atoms with E-state index in [0.717, 1.165) is 12.3 Å². The van der Waals surface area contributed by atoms with Crippen molar-refractivity contribution in [3.05, 3.63) is 29.3 Å². The molecule has 0 aliphatic heterocycles. The Morgan fingerprint density at radius 3 is 3.00 bits per heavy atom. The molecule has 0 heterocycles. The van der Waals surface area contributed by atoms with Gasteiger partial charge in [-0.15, -0.1) is 0 Å². The Labute approximate surface area is 73.0 Å². The molecule has 1 aromatic rings. The van der Waals surface area contributed by atoms with E-state index in [2.05, 4.69) is 13.0 Å². The smallest absolute Gasteiger partial charge is 0.115 e. The van der Waals surface area contributed by atoms with E-state index in [9.17, 15) is 5.11 Å². The zero-order valence-corrected chi connectivity index (χ0v) is 7.38. The van der Waals surface area contributed by atoms with Crippen LogP contribution in [-0.2, 0) is 12.8 Å². The summed E-state index contributed by atoms with van der Waals surface area (Å²) in [7, 11) is 0. The lowest BCUT2D eigenvalue weighted by Gasteiger charge is -2.21. The minimum atomic E-state index is 0.406. The second-order valence-corrected chi connectivity index (χ2v) is 3.80. The van der Waals surface area contributed by atoms with Gasteiger partial charge in [0.2, 0.25) is 0 Å². The molecule has 0 spiro atoms. The van der Waals surface area contributed by atoms with Gasteiger partial charge in [-0.1, -0.05) is 13.0 Å². The molecule has 0 aromatic heterocycles. The first-order valence-corrected chi connectivity index (χ1v) is 4.56. The lowest BCUT2D eigenvalue weighted by atomic mass is 9.85. The van der Waals surface area contributed by atoms with E-state index in [1.807, 2.05) is 6.07 Å². The van der Waals surface area contributed by atoms with E-state index in [1.165, 1.54) is 24.0 Å². The predicted octanol–water partition coefficient (Wildman–Crippen LogP) is 2.52. The van der Waals surface area contributed by atoms with E-state index in [4.69, 9.17) is 0 Å². The molecule has 1 N–H and O–H groups in total. The van der Waals surface area contributed by atoms with Gasteiger partial charge in [0.25, 0.3) is 0 Å². The molecule has 0 saturated heterocycles. The van der Waals surface area contributed by atoms with Crippen LogP contribution in [0.5, 0.6) is 5.75 Å². The first kappa shape index (κ1) is 7.66. The van der Waals surface area contributed by atoms with Crippen molar-refractivity contribution in [1.82, 2.24) is 0 Å². The van der Waals surface area contributed by atoms with Gasteiger partial charge in [-0.2, -0.15) is 0 Å². The quantitative estimate of drug-likeness (QED) is 0.621. The van der Waals surface area contributed by atoms with Gasteiger partial charge in [-0.05, 0) is 48.4 Å². The van der Waals surface area contributed by atoms with Gasteiger partial charge >= 0.3 is 0 Å². The number of hydrogen-bond acceptors (Lipinski definition) is 1. The normalized spacial score (nSPS) is 21.9. The highest BCUT2D eigenvalue weighted by Crippen LogP contribution is 2.27. The summed E-state index contributed by atoms with van der Waals surface area (Å²) in [5.41, 5.74) is 2.76. The maximum Gasteiger partial charge on any atom is 0.115 e. The molecule has 2 rings (SSSR count). The number of aromatic hydroxyl groups is 1. The van der Waals surface area contributed by atoms with Gasteiger partial charge < -0.3 is 5.11 Å². The zero-order chi connectivity index (χ0) is 8.55. The standard InChI is InChI=1S/C11H14O/c1-8-2-3-10-7-11(12)5-4-9(10)6-8/h4-5,7-8,12H,2-3,6H2,1H3/t8-/m0/s1.